The topological polar surface area (TPSA) is 108 Å². The number of carbonyl (C=O) groups is 3. The summed E-state index contributed by atoms with van der Waals surface area (Å²) in [5.41, 5.74) is 0. The lowest BCUT2D eigenvalue weighted by molar-refractivity contribution is -0.870. The predicted molar refractivity (Wildman–Crippen MR) is 451 cm³/mol. The number of rotatable bonds is 81. The molecule has 2 unspecified atom stereocenters. The van der Waals surface area contributed by atoms with Crippen molar-refractivity contribution in [2.45, 2.75) is 405 Å². The molecule has 2 atom stereocenters. The van der Waals surface area contributed by atoms with Crippen LogP contribution in [0.15, 0.2) is 134 Å². The van der Waals surface area contributed by atoms with Crippen LogP contribution in [0.4, 0.5) is 0 Å². The van der Waals surface area contributed by atoms with Crippen molar-refractivity contribution >= 4 is 17.9 Å². The number of carboxylic acid groups (broad SMARTS) is 1. The maximum atomic E-state index is 13.0. The second-order valence-electron chi connectivity index (χ2n) is 30.5. The quantitative estimate of drug-likeness (QED) is 0.0211. The zero-order valence-corrected chi connectivity index (χ0v) is 68.7. The van der Waals surface area contributed by atoms with Gasteiger partial charge in [-0.15, -0.1) is 0 Å². The minimum atomic E-state index is -1.52. The van der Waals surface area contributed by atoms with Gasteiger partial charge in [0.1, 0.15) is 13.2 Å². The zero-order chi connectivity index (χ0) is 75.3. The molecule has 0 bridgehead atoms. The molecule has 0 heterocycles. The van der Waals surface area contributed by atoms with Crippen LogP contribution in [0.2, 0.25) is 0 Å². The summed E-state index contributed by atoms with van der Waals surface area (Å²) in [6, 6.07) is 0. The summed E-state index contributed by atoms with van der Waals surface area (Å²) in [7, 11) is 5.98. The molecule has 0 spiro atoms. The van der Waals surface area contributed by atoms with Crippen LogP contribution < -0.4 is 0 Å². The van der Waals surface area contributed by atoms with Crippen LogP contribution >= 0.6 is 0 Å². The Balaban J connectivity index is 4.04. The third-order valence-corrected chi connectivity index (χ3v) is 19.2. The van der Waals surface area contributed by atoms with Gasteiger partial charge >= 0.3 is 17.9 Å². The number of hydrogen-bond acceptors (Lipinski definition) is 7. The molecule has 0 aliphatic heterocycles. The van der Waals surface area contributed by atoms with E-state index in [9.17, 15) is 19.5 Å². The van der Waals surface area contributed by atoms with Gasteiger partial charge in [-0.05, 0) is 96.3 Å². The fourth-order valence-electron chi connectivity index (χ4n) is 12.6. The van der Waals surface area contributed by atoms with Gasteiger partial charge in [-0.1, -0.05) is 417 Å². The summed E-state index contributed by atoms with van der Waals surface area (Å²) in [6.07, 6.45) is 119. The van der Waals surface area contributed by atoms with E-state index in [0.717, 1.165) is 116 Å². The van der Waals surface area contributed by atoms with Crippen molar-refractivity contribution in [3.05, 3.63) is 134 Å². The summed E-state index contributed by atoms with van der Waals surface area (Å²) < 4.78 is 23.1. The number of likely N-dealkylation sites (N-methyl/N-ethyl adjacent to an activating group) is 1. The van der Waals surface area contributed by atoms with Crippen molar-refractivity contribution in [3.63, 3.8) is 0 Å². The number of quaternary nitrogens is 1. The number of unbranched alkanes of at least 4 members (excludes halogenated alkanes) is 44. The molecule has 0 aliphatic rings. The van der Waals surface area contributed by atoms with Crippen molar-refractivity contribution in [2.24, 2.45) is 0 Å². The molecule has 9 nitrogen and oxygen atoms in total. The summed E-state index contributed by atoms with van der Waals surface area (Å²) in [5.74, 6) is -2.01. The molecular weight excluding hydrogens is 1280 g/mol. The number of nitrogens with zero attached hydrogens (tertiary/aromatic N) is 1. The van der Waals surface area contributed by atoms with Crippen molar-refractivity contribution in [1.29, 1.82) is 0 Å². The van der Waals surface area contributed by atoms with Crippen LogP contribution in [-0.4, -0.2) is 87.4 Å². The van der Waals surface area contributed by atoms with Gasteiger partial charge < -0.3 is 28.5 Å². The molecule has 0 aromatic heterocycles. The van der Waals surface area contributed by atoms with Crippen molar-refractivity contribution < 1.29 is 42.9 Å². The summed E-state index contributed by atoms with van der Waals surface area (Å²) in [5, 5.41) is 9.79. The SMILES string of the molecule is CC/C=C\C/C=C\C/C=C\C/C=C\C/C=C\C/C=C\C/C=C\C/C=C\C/C=C\C/C=C\C/C=C\CCCCCCCCCC(=O)OC(COC(=O)CCCCCCCCCCCCCCCCCCCCCCCCCCCCCCCCCCCCCCCC)COC(OCC[N+](C)(C)C)C(=O)O. The lowest BCUT2D eigenvalue weighted by atomic mass is 10.0. The smallest absolute Gasteiger partial charge is 0.361 e. The molecule has 0 saturated carbocycles. The highest BCUT2D eigenvalue weighted by atomic mass is 16.7. The van der Waals surface area contributed by atoms with E-state index in [2.05, 4.69) is 148 Å². The van der Waals surface area contributed by atoms with Crippen LogP contribution in [0.3, 0.4) is 0 Å². The molecule has 0 aromatic rings. The van der Waals surface area contributed by atoms with Crippen LogP contribution in [0.25, 0.3) is 0 Å². The van der Waals surface area contributed by atoms with Gasteiger partial charge in [0.05, 0.1) is 34.4 Å². The van der Waals surface area contributed by atoms with Crippen molar-refractivity contribution in [2.75, 3.05) is 47.5 Å². The Kier molecular flexibility index (Phi) is 80.4. The molecule has 0 saturated heterocycles. The van der Waals surface area contributed by atoms with Gasteiger partial charge in [0.15, 0.2) is 6.10 Å². The first-order valence-electron chi connectivity index (χ1n) is 43.8. The fourth-order valence-corrected chi connectivity index (χ4v) is 12.6. The van der Waals surface area contributed by atoms with Crippen molar-refractivity contribution in [1.82, 2.24) is 0 Å². The normalized spacial score (nSPS) is 13.3. The van der Waals surface area contributed by atoms with Crippen LogP contribution in [-0.2, 0) is 33.3 Å². The van der Waals surface area contributed by atoms with Crippen LogP contribution in [0.1, 0.15) is 393 Å². The van der Waals surface area contributed by atoms with Crippen molar-refractivity contribution in [3.8, 4) is 0 Å². The fraction of sp³-hybridized carbons (Fsp3) is 0.737. The van der Waals surface area contributed by atoms with E-state index in [1.165, 1.54) is 244 Å². The standard InChI is InChI=1S/C95H165NO8/c1-6-8-10-12-14-16-18-20-22-24-26-28-30-32-34-36-38-40-42-44-46-47-48-50-52-54-56-58-60-62-64-66-68-70-72-74-76-78-80-82-84-86-93(98)104-91(90-103-95(94(99)100)101-88-87-96(3,4)5)89-102-92(97)85-83-81-79-77-75-73-71-69-67-65-63-61-59-57-55-53-51-49-45-43-41-39-37-35-33-31-29-27-25-23-21-19-17-15-13-11-9-7-2/h8,10,14,16,20,22,26,28,32,34,38,40,44,46,48,50,54,56,60,62,66,68,91,95H,6-7,9,11-13,15,17-19,21,23-25,27,29-31,33,35-37,39,41-43,45,47,49,51-53,55,57-59,61,63-65,67,69-90H2,1-5H3/p+1/b10-8-,16-14-,22-20-,28-26-,34-32-,40-38-,46-44-,50-48-,56-54-,62-60-,68-66-. The van der Waals surface area contributed by atoms with Gasteiger partial charge in [0.25, 0.3) is 6.29 Å². The first-order valence-corrected chi connectivity index (χ1v) is 43.8. The number of ether oxygens (including phenoxy) is 4. The largest absolute Gasteiger partial charge is 0.477 e. The minimum Gasteiger partial charge on any atom is -0.477 e. The predicted octanol–water partition coefficient (Wildman–Crippen LogP) is 28.8. The Bertz CT molecular complexity index is 2190. The molecule has 9 heteroatoms. The molecule has 598 valence electrons. The molecule has 104 heavy (non-hydrogen) atoms. The average Bonchev–Trinajstić information content (AvgIpc) is 0.971. The van der Waals surface area contributed by atoms with E-state index in [1.807, 2.05) is 21.1 Å². The number of aliphatic carboxylic acids is 1. The summed E-state index contributed by atoms with van der Waals surface area (Å²) >= 11 is 0. The second kappa shape index (κ2) is 84.1. The monoisotopic (exact) mass is 1450 g/mol. The van der Waals surface area contributed by atoms with Gasteiger partial charge in [0.2, 0.25) is 0 Å². The highest BCUT2D eigenvalue weighted by Crippen LogP contribution is 2.20. The van der Waals surface area contributed by atoms with Crippen LogP contribution in [0, 0.1) is 0 Å². The van der Waals surface area contributed by atoms with E-state index >= 15 is 0 Å². The number of carboxylic acids is 1. The lowest BCUT2D eigenvalue weighted by Crippen LogP contribution is -2.40. The molecule has 0 rings (SSSR count). The Morgan fingerprint density at radius 2 is 0.548 bits per heavy atom. The Morgan fingerprint density at radius 1 is 0.298 bits per heavy atom. The molecule has 0 amide bonds. The van der Waals surface area contributed by atoms with E-state index < -0.39 is 24.3 Å². The molecular formula is C95H166NO8+. The maximum Gasteiger partial charge on any atom is 0.361 e. The second-order valence-corrected chi connectivity index (χ2v) is 30.5. The maximum absolute atomic E-state index is 13.0. The molecule has 1 N–H and O–H groups in total. The highest BCUT2D eigenvalue weighted by Gasteiger charge is 2.25. The number of esters is 2. The summed E-state index contributed by atoms with van der Waals surface area (Å²) in [6.45, 7) is 4.79. The molecule has 0 radical (unpaired) electrons. The third kappa shape index (κ3) is 84.7. The van der Waals surface area contributed by atoms with Crippen LogP contribution in [0.5, 0.6) is 0 Å². The zero-order valence-electron chi connectivity index (χ0n) is 68.7. The van der Waals surface area contributed by atoms with E-state index in [-0.39, 0.29) is 32.2 Å². The third-order valence-electron chi connectivity index (χ3n) is 19.2. The Labute approximate surface area is 643 Å². The highest BCUT2D eigenvalue weighted by molar-refractivity contribution is 5.71. The molecule has 0 aromatic carbocycles. The number of allylic oxidation sites excluding steroid dienone is 22. The average molecular weight is 1450 g/mol. The minimum absolute atomic E-state index is 0.181. The van der Waals surface area contributed by atoms with Gasteiger partial charge in [-0.2, -0.15) is 0 Å². The van der Waals surface area contributed by atoms with E-state index in [0.29, 0.717) is 23.9 Å². The van der Waals surface area contributed by atoms with Gasteiger partial charge in [0, 0.05) is 12.8 Å². The van der Waals surface area contributed by atoms with E-state index in [1.54, 1.807) is 0 Å². The summed E-state index contributed by atoms with van der Waals surface area (Å²) in [4.78, 5) is 37.8. The molecule has 0 aliphatic carbocycles. The Morgan fingerprint density at radius 3 is 0.817 bits per heavy atom. The number of hydrogen-bond donors (Lipinski definition) is 1. The first kappa shape index (κ1) is 99.4. The number of carbonyl (C=O) groups excluding carboxylic acids is 2. The van der Waals surface area contributed by atoms with Gasteiger partial charge in [-0.3, -0.25) is 9.59 Å². The Hall–Kier alpha value is -4.57. The van der Waals surface area contributed by atoms with E-state index in [4.69, 9.17) is 18.9 Å². The first-order chi connectivity index (χ1) is 51.1. The molecule has 0 fully saturated rings. The lowest BCUT2D eigenvalue weighted by Gasteiger charge is -2.25. The van der Waals surface area contributed by atoms with Gasteiger partial charge in [-0.25, -0.2) is 4.79 Å².